The molecule has 0 saturated carbocycles. The molecule has 0 aliphatic heterocycles. The third-order valence-electron chi connectivity index (χ3n) is 4.54. The minimum atomic E-state index is -0.158. The highest BCUT2D eigenvalue weighted by Crippen LogP contribution is 2.41. The number of benzene rings is 1. The molecule has 1 aromatic heterocycles. The normalized spacial score (nSPS) is 20.4. The van der Waals surface area contributed by atoms with E-state index in [1.54, 1.807) is 13.0 Å². The molecule has 0 spiro atoms. The van der Waals surface area contributed by atoms with Crippen LogP contribution in [0.2, 0.25) is 0 Å². The summed E-state index contributed by atoms with van der Waals surface area (Å²) in [7, 11) is 0. The van der Waals surface area contributed by atoms with Gasteiger partial charge in [0.1, 0.15) is 5.82 Å². The fraction of sp³-hybridized carbons (Fsp3) is 0.444. The summed E-state index contributed by atoms with van der Waals surface area (Å²) >= 11 is 0. The van der Waals surface area contributed by atoms with Crippen LogP contribution in [-0.2, 0) is 6.42 Å². The summed E-state index contributed by atoms with van der Waals surface area (Å²) < 4.78 is 15.8. The fourth-order valence-corrected chi connectivity index (χ4v) is 3.58. The first-order valence-electron chi connectivity index (χ1n) is 7.52. The lowest BCUT2D eigenvalue weighted by Crippen LogP contribution is -2.30. The van der Waals surface area contributed by atoms with Crippen molar-refractivity contribution < 1.29 is 4.39 Å². The first kappa shape index (κ1) is 14.3. The maximum absolute atomic E-state index is 13.5. The molecule has 1 aliphatic rings. The Morgan fingerprint density at radius 3 is 2.62 bits per heavy atom. The van der Waals surface area contributed by atoms with Gasteiger partial charge in [0.2, 0.25) is 0 Å². The Hall–Kier alpha value is -1.61. The van der Waals surface area contributed by atoms with E-state index >= 15 is 0 Å². The zero-order valence-electron chi connectivity index (χ0n) is 13.2. The van der Waals surface area contributed by atoms with Crippen molar-refractivity contribution in [2.45, 2.75) is 46.6 Å². The summed E-state index contributed by atoms with van der Waals surface area (Å²) in [5.74, 6) is -0.158. The molecule has 0 fully saturated rings. The summed E-state index contributed by atoms with van der Waals surface area (Å²) in [6.45, 7) is 8.42. The molecule has 2 nitrogen and oxygen atoms in total. The summed E-state index contributed by atoms with van der Waals surface area (Å²) in [5, 5.41) is 0. The van der Waals surface area contributed by atoms with Gasteiger partial charge in [0, 0.05) is 23.1 Å². The van der Waals surface area contributed by atoms with Crippen LogP contribution in [0.3, 0.4) is 0 Å². The van der Waals surface area contributed by atoms with E-state index < -0.39 is 0 Å². The van der Waals surface area contributed by atoms with Crippen molar-refractivity contribution >= 4 is 0 Å². The predicted molar refractivity (Wildman–Crippen MR) is 84.2 cm³/mol. The van der Waals surface area contributed by atoms with Crippen molar-refractivity contribution in [1.29, 1.82) is 0 Å². The van der Waals surface area contributed by atoms with Gasteiger partial charge in [0.15, 0.2) is 0 Å². The summed E-state index contributed by atoms with van der Waals surface area (Å²) in [4.78, 5) is 0. The van der Waals surface area contributed by atoms with Gasteiger partial charge in [-0.15, -0.1) is 0 Å². The minimum absolute atomic E-state index is 0.0882. The fourth-order valence-electron chi connectivity index (χ4n) is 3.58. The van der Waals surface area contributed by atoms with Crippen LogP contribution in [0.25, 0.3) is 5.69 Å². The van der Waals surface area contributed by atoms with E-state index in [1.807, 2.05) is 12.1 Å². The van der Waals surface area contributed by atoms with Crippen molar-refractivity contribution in [2.24, 2.45) is 11.1 Å². The topological polar surface area (TPSA) is 30.9 Å². The molecule has 0 saturated heterocycles. The molecule has 3 heteroatoms. The van der Waals surface area contributed by atoms with E-state index in [4.69, 9.17) is 5.73 Å². The van der Waals surface area contributed by atoms with E-state index in [0.717, 1.165) is 18.5 Å². The molecule has 0 bridgehead atoms. The van der Waals surface area contributed by atoms with Crippen molar-refractivity contribution in [3.05, 3.63) is 52.6 Å². The second-order valence-corrected chi connectivity index (χ2v) is 7.11. The highest BCUT2D eigenvalue weighted by atomic mass is 19.1. The Bertz CT molecular complexity index is 697. The first-order chi connectivity index (χ1) is 9.78. The maximum Gasteiger partial charge on any atom is 0.126 e. The third-order valence-corrected chi connectivity index (χ3v) is 4.54. The zero-order valence-corrected chi connectivity index (χ0v) is 13.2. The van der Waals surface area contributed by atoms with Gasteiger partial charge in [-0.25, -0.2) is 4.39 Å². The van der Waals surface area contributed by atoms with E-state index in [9.17, 15) is 4.39 Å². The standard InChI is InChI=1S/C18H23FN2/c1-11-7-13(5-6-15(11)19)21-12(2)8-14-16(20)9-18(3,4)10-17(14)21/h5-8,16H,9-10,20H2,1-4H3. The summed E-state index contributed by atoms with van der Waals surface area (Å²) in [6.07, 6.45) is 2.01. The Morgan fingerprint density at radius 1 is 1.24 bits per heavy atom. The highest BCUT2D eigenvalue weighted by molar-refractivity contribution is 5.45. The lowest BCUT2D eigenvalue weighted by Gasteiger charge is -2.34. The van der Waals surface area contributed by atoms with Crippen LogP contribution in [0.5, 0.6) is 0 Å². The number of fused-ring (bicyclic) bond motifs is 1. The monoisotopic (exact) mass is 286 g/mol. The average molecular weight is 286 g/mol. The lowest BCUT2D eigenvalue weighted by atomic mass is 9.74. The molecule has 2 N–H and O–H groups in total. The Kier molecular flexibility index (Phi) is 3.21. The highest BCUT2D eigenvalue weighted by Gasteiger charge is 2.33. The Labute approximate surface area is 125 Å². The minimum Gasteiger partial charge on any atom is -0.324 e. The third kappa shape index (κ3) is 2.40. The van der Waals surface area contributed by atoms with E-state index in [2.05, 4.69) is 31.4 Å². The number of hydrogen-bond acceptors (Lipinski definition) is 1. The van der Waals surface area contributed by atoms with Crippen LogP contribution in [-0.4, -0.2) is 4.57 Å². The van der Waals surface area contributed by atoms with Gasteiger partial charge in [-0.2, -0.15) is 0 Å². The number of halogens is 1. The van der Waals surface area contributed by atoms with Crippen LogP contribution in [0.15, 0.2) is 24.3 Å². The number of nitrogens with two attached hydrogens (primary N) is 1. The SMILES string of the molecule is Cc1cc(-n2c(C)cc3c2CC(C)(C)CC3N)ccc1F. The van der Waals surface area contributed by atoms with Crippen LogP contribution in [0.1, 0.15) is 48.8 Å². The zero-order chi connectivity index (χ0) is 15.4. The van der Waals surface area contributed by atoms with E-state index in [-0.39, 0.29) is 17.3 Å². The molecular formula is C18H23FN2. The van der Waals surface area contributed by atoms with Gasteiger partial charge >= 0.3 is 0 Å². The lowest BCUT2D eigenvalue weighted by molar-refractivity contribution is 0.278. The molecule has 3 rings (SSSR count). The van der Waals surface area contributed by atoms with Crippen molar-refractivity contribution in [2.75, 3.05) is 0 Å². The van der Waals surface area contributed by atoms with Gasteiger partial charge < -0.3 is 10.3 Å². The van der Waals surface area contributed by atoms with Crippen LogP contribution in [0.4, 0.5) is 4.39 Å². The smallest absolute Gasteiger partial charge is 0.126 e. The molecule has 1 aliphatic carbocycles. The van der Waals surface area contributed by atoms with Crippen LogP contribution in [0, 0.1) is 25.1 Å². The van der Waals surface area contributed by atoms with Crippen LogP contribution >= 0.6 is 0 Å². The molecule has 0 amide bonds. The Balaban J connectivity index is 2.18. The quantitative estimate of drug-likeness (QED) is 0.836. The number of nitrogens with zero attached hydrogens (tertiary/aromatic N) is 1. The van der Waals surface area contributed by atoms with Gasteiger partial charge in [0.25, 0.3) is 0 Å². The number of hydrogen-bond donors (Lipinski definition) is 1. The molecule has 1 unspecified atom stereocenters. The van der Waals surface area contributed by atoms with Crippen molar-refractivity contribution in [3.8, 4) is 5.69 Å². The Morgan fingerprint density at radius 2 is 1.95 bits per heavy atom. The predicted octanol–water partition coefficient (Wildman–Crippen LogP) is 4.21. The van der Waals surface area contributed by atoms with Gasteiger partial charge in [-0.05, 0) is 67.5 Å². The average Bonchev–Trinajstić information content (AvgIpc) is 2.68. The molecule has 0 radical (unpaired) electrons. The molecule has 1 aromatic carbocycles. The van der Waals surface area contributed by atoms with Crippen molar-refractivity contribution in [3.63, 3.8) is 0 Å². The van der Waals surface area contributed by atoms with Gasteiger partial charge in [-0.3, -0.25) is 0 Å². The number of aromatic nitrogens is 1. The molecule has 2 aromatic rings. The van der Waals surface area contributed by atoms with Crippen molar-refractivity contribution in [1.82, 2.24) is 4.57 Å². The molecular weight excluding hydrogens is 263 g/mol. The van der Waals surface area contributed by atoms with E-state index in [0.29, 0.717) is 5.56 Å². The molecule has 21 heavy (non-hydrogen) atoms. The van der Waals surface area contributed by atoms with Crippen LogP contribution < -0.4 is 5.73 Å². The number of aryl methyl sites for hydroxylation is 2. The maximum atomic E-state index is 13.5. The molecule has 1 atom stereocenters. The number of rotatable bonds is 1. The molecule has 112 valence electrons. The first-order valence-corrected chi connectivity index (χ1v) is 7.52. The second-order valence-electron chi connectivity index (χ2n) is 7.11. The largest absolute Gasteiger partial charge is 0.324 e. The summed E-state index contributed by atoms with van der Waals surface area (Å²) in [5.41, 5.74) is 12.0. The van der Waals surface area contributed by atoms with E-state index in [1.165, 1.54) is 17.0 Å². The second kappa shape index (κ2) is 4.70. The van der Waals surface area contributed by atoms with Gasteiger partial charge in [0.05, 0.1) is 0 Å². The van der Waals surface area contributed by atoms with Gasteiger partial charge in [-0.1, -0.05) is 13.8 Å². The molecule has 1 heterocycles. The summed E-state index contributed by atoms with van der Waals surface area (Å²) in [6, 6.07) is 7.59.